The van der Waals surface area contributed by atoms with Crippen LogP contribution < -0.4 is 5.32 Å². The second-order valence-electron chi connectivity index (χ2n) is 2.72. The number of carbonyl (C=O) groups is 2. The van der Waals surface area contributed by atoms with Crippen LogP contribution in [0.3, 0.4) is 0 Å². The van der Waals surface area contributed by atoms with Gasteiger partial charge in [0.2, 0.25) is 12.3 Å². The molecule has 0 bridgehead atoms. The van der Waals surface area contributed by atoms with E-state index in [1.54, 1.807) is 0 Å². The third-order valence-electron chi connectivity index (χ3n) is 1.82. The number of carbonyl (C=O) groups excluding carboxylic acids is 2. The normalized spacial score (nSPS) is 22.4. The van der Waals surface area contributed by atoms with Crippen LogP contribution >= 0.6 is 0 Å². The largest absolute Gasteiger partial charge is 0.350 e. The van der Waals surface area contributed by atoms with E-state index in [0.717, 1.165) is 0 Å². The number of amides is 2. The Kier molecular flexibility index (Phi) is 3.01. The highest BCUT2D eigenvalue weighted by molar-refractivity contribution is 5.80. The van der Waals surface area contributed by atoms with Crippen LogP contribution in [-0.4, -0.2) is 43.0 Å². The van der Waals surface area contributed by atoms with Gasteiger partial charge in [-0.3, -0.25) is 9.59 Å². The van der Waals surface area contributed by atoms with E-state index < -0.39 is 6.17 Å². The molecule has 1 heterocycles. The van der Waals surface area contributed by atoms with Gasteiger partial charge in [0.25, 0.3) is 0 Å². The lowest BCUT2D eigenvalue weighted by Gasteiger charge is -2.13. The molecule has 1 fully saturated rings. The molecule has 12 heavy (non-hydrogen) atoms. The number of rotatable bonds is 3. The van der Waals surface area contributed by atoms with Crippen LogP contribution in [0.4, 0.5) is 4.39 Å². The Labute approximate surface area is 69.7 Å². The van der Waals surface area contributed by atoms with E-state index in [-0.39, 0.29) is 19.0 Å². The summed E-state index contributed by atoms with van der Waals surface area (Å²) in [5, 5.41) is 2.25. The average molecular weight is 174 g/mol. The second kappa shape index (κ2) is 4.04. The minimum Gasteiger partial charge on any atom is -0.350 e. The zero-order chi connectivity index (χ0) is 8.97. The van der Waals surface area contributed by atoms with Crippen molar-refractivity contribution >= 4 is 12.3 Å². The fourth-order valence-corrected chi connectivity index (χ4v) is 1.18. The molecule has 1 saturated heterocycles. The highest BCUT2D eigenvalue weighted by Gasteiger charge is 2.24. The lowest BCUT2D eigenvalue weighted by Crippen LogP contribution is -2.36. The summed E-state index contributed by atoms with van der Waals surface area (Å²) in [6.45, 7) is 0.593. The second-order valence-corrected chi connectivity index (χ2v) is 2.72. The molecular weight excluding hydrogens is 163 g/mol. The van der Waals surface area contributed by atoms with Gasteiger partial charge < -0.3 is 10.2 Å². The average Bonchev–Trinajstić information content (AvgIpc) is 2.47. The molecule has 0 aliphatic carbocycles. The number of hydrogen-bond donors (Lipinski definition) is 1. The van der Waals surface area contributed by atoms with Gasteiger partial charge in [-0.2, -0.15) is 0 Å². The molecule has 1 unspecified atom stereocenters. The third-order valence-corrected chi connectivity index (χ3v) is 1.82. The van der Waals surface area contributed by atoms with Crippen molar-refractivity contribution in [1.82, 2.24) is 10.2 Å². The van der Waals surface area contributed by atoms with Crippen molar-refractivity contribution in [3.63, 3.8) is 0 Å². The molecule has 0 saturated carbocycles. The highest BCUT2D eigenvalue weighted by Crippen LogP contribution is 2.11. The van der Waals surface area contributed by atoms with E-state index in [9.17, 15) is 14.0 Å². The van der Waals surface area contributed by atoms with Crippen molar-refractivity contribution in [1.29, 1.82) is 0 Å². The first-order valence-electron chi connectivity index (χ1n) is 3.83. The van der Waals surface area contributed by atoms with Crippen LogP contribution in [0.5, 0.6) is 0 Å². The fourth-order valence-electron chi connectivity index (χ4n) is 1.18. The van der Waals surface area contributed by atoms with Crippen LogP contribution in [0.25, 0.3) is 0 Å². The maximum atomic E-state index is 12.6. The van der Waals surface area contributed by atoms with Crippen molar-refractivity contribution in [2.45, 2.75) is 12.6 Å². The Bertz CT molecular complexity index is 186. The van der Waals surface area contributed by atoms with Crippen LogP contribution in [0.15, 0.2) is 0 Å². The number of halogens is 1. The lowest BCUT2D eigenvalue weighted by molar-refractivity contribution is -0.130. The standard InChI is InChI=1S/C7H11FN2O2/c8-6-1-2-10(4-6)7(12)3-9-5-11/h5-6H,1-4H2,(H,9,11). The van der Waals surface area contributed by atoms with Gasteiger partial charge in [-0.15, -0.1) is 0 Å². The molecule has 4 nitrogen and oxygen atoms in total. The molecule has 0 spiro atoms. The van der Waals surface area contributed by atoms with Crippen LogP contribution in [-0.2, 0) is 9.59 Å². The Morgan fingerprint density at radius 2 is 2.50 bits per heavy atom. The van der Waals surface area contributed by atoms with E-state index in [0.29, 0.717) is 19.4 Å². The van der Waals surface area contributed by atoms with Crippen molar-refractivity contribution in [3.8, 4) is 0 Å². The van der Waals surface area contributed by atoms with Crippen LogP contribution in [0.1, 0.15) is 6.42 Å². The Morgan fingerprint density at radius 3 is 3.00 bits per heavy atom. The number of nitrogens with zero attached hydrogens (tertiary/aromatic N) is 1. The Morgan fingerprint density at radius 1 is 1.75 bits per heavy atom. The van der Waals surface area contributed by atoms with Gasteiger partial charge >= 0.3 is 0 Å². The predicted molar refractivity (Wildman–Crippen MR) is 40.2 cm³/mol. The zero-order valence-electron chi connectivity index (χ0n) is 6.62. The van der Waals surface area contributed by atoms with E-state index >= 15 is 0 Å². The zero-order valence-corrected chi connectivity index (χ0v) is 6.62. The van der Waals surface area contributed by atoms with Crippen molar-refractivity contribution in [3.05, 3.63) is 0 Å². The Hall–Kier alpha value is -1.13. The molecule has 68 valence electrons. The minimum absolute atomic E-state index is 0.0315. The van der Waals surface area contributed by atoms with Gasteiger partial charge in [-0.25, -0.2) is 4.39 Å². The van der Waals surface area contributed by atoms with Gasteiger partial charge in [-0.1, -0.05) is 0 Å². The first-order chi connectivity index (χ1) is 5.74. The number of likely N-dealkylation sites (tertiary alicyclic amines) is 1. The summed E-state index contributed by atoms with van der Waals surface area (Å²) in [4.78, 5) is 22.3. The fraction of sp³-hybridized carbons (Fsp3) is 0.714. The molecular formula is C7H11FN2O2. The predicted octanol–water partition coefficient (Wildman–Crippen LogP) is -0.697. The molecule has 1 atom stereocenters. The van der Waals surface area contributed by atoms with Gasteiger partial charge in [0.05, 0.1) is 13.1 Å². The molecule has 2 amide bonds. The molecule has 1 rings (SSSR count). The van der Waals surface area contributed by atoms with Crippen molar-refractivity contribution < 1.29 is 14.0 Å². The number of nitrogens with one attached hydrogen (secondary N) is 1. The summed E-state index contributed by atoms with van der Waals surface area (Å²) in [7, 11) is 0. The molecule has 0 aromatic heterocycles. The maximum absolute atomic E-state index is 12.6. The lowest BCUT2D eigenvalue weighted by atomic mass is 10.3. The monoisotopic (exact) mass is 174 g/mol. The minimum atomic E-state index is -0.898. The quantitative estimate of drug-likeness (QED) is 0.575. The van der Waals surface area contributed by atoms with E-state index in [1.807, 2.05) is 0 Å². The Balaban J connectivity index is 2.28. The van der Waals surface area contributed by atoms with Crippen molar-refractivity contribution in [2.24, 2.45) is 0 Å². The van der Waals surface area contributed by atoms with E-state index in [4.69, 9.17) is 0 Å². The number of hydrogen-bond acceptors (Lipinski definition) is 2. The topological polar surface area (TPSA) is 49.4 Å². The van der Waals surface area contributed by atoms with Gasteiger partial charge in [0.15, 0.2) is 0 Å². The van der Waals surface area contributed by atoms with Crippen molar-refractivity contribution in [2.75, 3.05) is 19.6 Å². The first kappa shape index (κ1) is 8.96. The molecule has 1 N–H and O–H groups in total. The number of alkyl halides is 1. The molecule has 0 aromatic rings. The van der Waals surface area contributed by atoms with E-state index in [2.05, 4.69) is 5.32 Å². The molecule has 0 aromatic carbocycles. The summed E-state index contributed by atoms with van der Waals surface area (Å²) >= 11 is 0. The van der Waals surface area contributed by atoms with Gasteiger partial charge in [0.1, 0.15) is 6.17 Å². The van der Waals surface area contributed by atoms with Gasteiger partial charge in [0, 0.05) is 6.54 Å². The summed E-state index contributed by atoms with van der Waals surface area (Å²) in [6, 6.07) is 0. The summed E-state index contributed by atoms with van der Waals surface area (Å²) in [6.07, 6.45) is -0.0292. The van der Waals surface area contributed by atoms with Gasteiger partial charge in [-0.05, 0) is 6.42 Å². The maximum Gasteiger partial charge on any atom is 0.242 e. The molecule has 1 aliphatic rings. The first-order valence-corrected chi connectivity index (χ1v) is 3.83. The van der Waals surface area contributed by atoms with E-state index in [1.165, 1.54) is 4.90 Å². The summed E-state index contributed by atoms with van der Waals surface area (Å²) in [5.41, 5.74) is 0. The summed E-state index contributed by atoms with van der Waals surface area (Å²) in [5.74, 6) is -0.220. The highest BCUT2D eigenvalue weighted by atomic mass is 19.1. The molecule has 5 heteroatoms. The smallest absolute Gasteiger partial charge is 0.242 e. The van der Waals surface area contributed by atoms with Crippen LogP contribution in [0.2, 0.25) is 0 Å². The SMILES string of the molecule is O=CNCC(=O)N1CCC(F)C1. The molecule has 1 aliphatic heterocycles. The van der Waals surface area contributed by atoms with Crippen LogP contribution in [0, 0.1) is 0 Å². The third kappa shape index (κ3) is 2.18. The molecule has 0 radical (unpaired) electrons. The summed E-state index contributed by atoms with van der Waals surface area (Å²) < 4.78 is 12.6.